The molecule has 0 aliphatic carbocycles. The highest BCUT2D eigenvalue weighted by atomic mass is 16.7. The summed E-state index contributed by atoms with van der Waals surface area (Å²) in [5.74, 6) is -0.934. The van der Waals surface area contributed by atoms with Gasteiger partial charge in [0.1, 0.15) is 5.60 Å². The molecule has 0 spiro atoms. The zero-order valence-corrected chi connectivity index (χ0v) is 16.8. The van der Waals surface area contributed by atoms with Crippen LogP contribution in [0.25, 0.3) is 0 Å². The molecule has 2 unspecified atom stereocenters. The van der Waals surface area contributed by atoms with Crippen molar-refractivity contribution in [1.82, 2.24) is 4.90 Å². The average molecular weight is 359 g/mol. The van der Waals surface area contributed by atoms with Crippen LogP contribution in [0.3, 0.4) is 0 Å². The van der Waals surface area contributed by atoms with Crippen LogP contribution in [0.2, 0.25) is 0 Å². The van der Waals surface area contributed by atoms with Gasteiger partial charge in [0, 0.05) is 6.54 Å². The monoisotopic (exact) mass is 359 g/mol. The van der Waals surface area contributed by atoms with Crippen LogP contribution in [0.15, 0.2) is 0 Å². The predicted molar refractivity (Wildman–Crippen MR) is 93.1 cm³/mol. The molecule has 1 saturated heterocycles. The number of amides is 1. The van der Waals surface area contributed by atoms with Crippen LogP contribution in [0.5, 0.6) is 0 Å². The van der Waals surface area contributed by atoms with Crippen LogP contribution in [0.1, 0.15) is 54.9 Å². The maximum Gasteiger partial charge on any atom is 0.410 e. The molecule has 1 aliphatic rings. The lowest BCUT2D eigenvalue weighted by Crippen LogP contribution is -2.60. The number of hydrogen-bond acceptors (Lipinski definition) is 6. The molecule has 7 heteroatoms. The molecule has 1 heterocycles. The number of rotatable bonds is 5. The van der Waals surface area contributed by atoms with Crippen LogP contribution < -0.4 is 0 Å². The molecule has 146 valence electrons. The quantitative estimate of drug-likeness (QED) is 0.703. The molecule has 0 aromatic heterocycles. The largest absolute Gasteiger partial charge is 0.469 e. The average Bonchev–Trinajstić information content (AvgIpc) is 2.45. The molecule has 1 fully saturated rings. The Morgan fingerprint density at radius 2 is 1.88 bits per heavy atom. The van der Waals surface area contributed by atoms with Gasteiger partial charge < -0.3 is 18.9 Å². The molecule has 2 atom stereocenters. The highest BCUT2D eigenvalue weighted by Crippen LogP contribution is 2.30. The molecule has 7 nitrogen and oxygen atoms in total. The SMILES string of the molecule is COC(=O)CCN(C(=O)OC(C)(C)C)C1COC(C)(C)OC1C(C)C. The van der Waals surface area contributed by atoms with Gasteiger partial charge in [-0.25, -0.2) is 4.79 Å². The molecule has 0 aromatic carbocycles. The second-order valence-electron chi connectivity index (χ2n) is 8.10. The van der Waals surface area contributed by atoms with Gasteiger partial charge in [0.15, 0.2) is 5.79 Å². The van der Waals surface area contributed by atoms with E-state index in [9.17, 15) is 9.59 Å². The van der Waals surface area contributed by atoms with Crippen molar-refractivity contribution in [3.05, 3.63) is 0 Å². The third-order valence-corrected chi connectivity index (χ3v) is 3.87. The fourth-order valence-electron chi connectivity index (χ4n) is 2.70. The molecule has 0 saturated carbocycles. The van der Waals surface area contributed by atoms with Gasteiger partial charge >= 0.3 is 12.1 Å². The fraction of sp³-hybridized carbons (Fsp3) is 0.889. The van der Waals surface area contributed by atoms with Gasteiger partial charge in [-0.15, -0.1) is 0 Å². The van der Waals surface area contributed by atoms with Gasteiger partial charge in [-0.2, -0.15) is 0 Å². The minimum Gasteiger partial charge on any atom is -0.469 e. The van der Waals surface area contributed by atoms with Crippen LogP contribution in [-0.2, 0) is 23.7 Å². The first-order valence-corrected chi connectivity index (χ1v) is 8.74. The van der Waals surface area contributed by atoms with E-state index in [-0.39, 0.29) is 37.0 Å². The van der Waals surface area contributed by atoms with Gasteiger partial charge in [0.05, 0.1) is 32.3 Å². The van der Waals surface area contributed by atoms with Gasteiger partial charge in [-0.3, -0.25) is 9.69 Å². The van der Waals surface area contributed by atoms with Crippen LogP contribution in [0.4, 0.5) is 4.79 Å². The summed E-state index contributed by atoms with van der Waals surface area (Å²) in [6.45, 7) is 13.7. The topological polar surface area (TPSA) is 74.3 Å². The number of esters is 1. The summed E-state index contributed by atoms with van der Waals surface area (Å²) in [7, 11) is 1.33. The Morgan fingerprint density at radius 3 is 2.36 bits per heavy atom. The lowest BCUT2D eigenvalue weighted by atomic mass is 9.96. The van der Waals surface area contributed by atoms with Gasteiger partial charge in [-0.05, 0) is 40.5 Å². The van der Waals surface area contributed by atoms with E-state index in [0.717, 1.165) is 0 Å². The molecule has 0 N–H and O–H groups in total. The lowest BCUT2D eigenvalue weighted by Gasteiger charge is -2.46. The van der Waals surface area contributed by atoms with E-state index in [1.165, 1.54) is 12.0 Å². The van der Waals surface area contributed by atoms with Crippen molar-refractivity contribution in [2.45, 2.75) is 78.4 Å². The Bertz CT molecular complexity index is 469. The summed E-state index contributed by atoms with van der Waals surface area (Å²) >= 11 is 0. The smallest absolute Gasteiger partial charge is 0.410 e. The van der Waals surface area contributed by atoms with Crippen molar-refractivity contribution in [1.29, 1.82) is 0 Å². The third-order valence-electron chi connectivity index (χ3n) is 3.87. The van der Waals surface area contributed by atoms with Crippen molar-refractivity contribution in [3.8, 4) is 0 Å². The van der Waals surface area contributed by atoms with Gasteiger partial charge in [0.25, 0.3) is 0 Å². The third kappa shape index (κ3) is 6.82. The Hall–Kier alpha value is -1.34. The van der Waals surface area contributed by atoms with E-state index >= 15 is 0 Å². The van der Waals surface area contributed by atoms with Crippen molar-refractivity contribution >= 4 is 12.1 Å². The molecular formula is C18H33NO6. The van der Waals surface area contributed by atoms with Gasteiger partial charge in [-0.1, -0.05) is 13.8 Å². The van der Waals surface area contributed by atoms with Crippen LogP contribution in [-0.4, -0.2) is 60.8 Å². The summed E-state index contributed by atoms with van der Waals surface area (Å²) in [4.78, 5) is 25.8. The van der Waals surface area contributed by atoms with Crippen LogP contribution >= 0.6 is 0 Å². The molecule has 0 radical (unpaired) electrons. The van der Waals surface area contributed by atoms with Gasteiger partial charge in [0.2, 0.25) is 0 Å². The zero-order chi connectivity index (χ0) is 19.4. The van der Waals surface area contributed by atoms with Crippen molar-refractivity contribution in [3.63, 3.8) is 0 Å². The summed E-state index contributed by atoms with van der Waals surface area (Å²) < 4.78 is 22.0. The molecule has 1 aliphatic heterocycles. The minimum absolute atomic E-state index is 0.0838. The summed E-state index contributed by atoms with van der Waals surface area (Å²) in [5, 5.41) is 0. The summed E-state index contributed by atoms with van der Waals surface area (Å²) in [6, 6.07) is -0.340. The van der Waals surface area contributed by atoms with Crippen molar-refractivity contribution in [2.24, 2.45) is 5.92 Å². The van der Waals surface area contributed by atoms with E-state index < -0.39 is 17.5 Å². The first-order chi connectivity index (χ1) is 11.4. The molecule has 1 rings (SSSR count). The normalized spacial score (nSPS) is 23.2. The standard InChI is InChI=1S/C18H33NO6/c1-12(2)15-13(11-23-18(6,7)24-15)19(10-9-14(20)22-8)16(21)25-17(3,4)5/h12-13,15H,9-11H2,1-8H3. The first-order valence-electron chi connectivity index (χ1n) is 8.74. The fourth-order valence-corrected chi connectivity index (χ4v) is 2.70. The van der Waals surface area contributed by atoms with Crippen LogP contribution in [0, 0.1) is 5.92 Å². The Balaban J connectivity index is 3.02. The zero-order valence-electron chi connectivity index (χ0n) is 16.8. The Kier molecular flexibility index (Phi) is 7.26. The van der Waals surface area contributed by atoms with E-state index in [1.807, 2.05) is 27.7 Å². The van der Waals surface area contributed by atoms with E-state index in [4.69, 9.17) is 18.9 Å². The number of ether oxygens (including phenoxy) is 4. The van der Waals surface area contributed by atoms with E-state index in [2.05, 4.69) is 0 Å². The van der Waals surface area contributed by atoms with E-state index in [0.29, 0.717) is 6.61 Å². The van der Waals surface area contributed by atoms with Crippen molar-refractivity contribution < 1.29 is 28.5 Å². The second-order valence-corrected chi connectivity index (χ2v) is 8.10. The molecule has 0 bridgehead atoms. The minimum atomic E-state index is -0.715. The molecule has 0 aromatic rings. The highest BCUT2D eigenvalue weighted by Gasteiger charge is 2.43. The predicted octanol–water partition coefficient (Wildman–Crippen LogP) is 2.96. The maximum atomic E-state index is 12.7. The summed E-state index contributed by atoms with van der Waals surface area (Å²) in [6.07, 6.45) is -0.631. The first kappa shape index (κ1) is 21.7. The Labute approximate surface area is 150 Å². The maximum absolute atomic E-state index is 12.7. The molecule has 1 amide bonds. The number of hydrogen-bond donors (Lipinski definition) is 0. The molecular weight excluding hydrogens is 326 g/mol. The van der Waals surface area contributed by atoms with E-state index in [1.54, 1.807) is 20.8 Å². The second kappa shape index (κ2) is 8.36. The number of nitrogens with zero attached hydrogens (tertiary/aromatic N) is 1. The molecule has 25 heavy (non-hydrogen) atoms. The lowest BCUT2D eigenvalue weighted by molar-refractivity contribution is -0.299. The number of carbonyl (C=O) groups is 2. The number of methoxy groups -OCH3 is 1. The van der Waals surface area contributed by atoms with Crippen molar-refractivity contribution in [2.75, 3.05) is 20.3 Å². The highest BCUT2D eigenvalue weighted by molar-refractivity contribution is 5.72. The Morgan fingerprint density at radius 1 is 1.28 bits per heavy atom. The number of carbonyl (C=O) groups excluding carboxylic acids is 2. The summed E-state index contributed by atoms with van der Waals surface area (Å²) in [5.41, 5.74) is -0.635.